The first-order chi connectivity index (χ1) is 14.0. The van der Waals surface area contributed by atoms with Crippen LogP contribution in [0.15, 0.2) is 30.7 Å². The summed E-state index contributed by atoms with van der Waals surface area (Å²) in [5.74, 6) is 1.95. The van der Waals surface area contributed by atoms with E-state index in [0.29, 0.717) is 18.0 Å². The molecule has 152 valence electrons. The third-order valence-electron chi connectivity index (χ3n) is 6.23. The van der Waals surface area contributed by atoms with Gasteiger partial charge in [-0.15, -0.1) is 0 Å². The number of rotatable bonds is 3. The van der Waals surface area contributed by atoms with Crippen molar-refractivity contribution in [2.75, 3.05) is 36.0 Å². The fourth-order valence-corrected chi connectivity index (χ4v) is 4.65. The Morgan fingerprint density at radius 3 is 2.66 bits per heavy atom. The van der Waals surface area contributed by atoms with Crippen LogP contribution in [-0.2, 0) is 0 Å². The van der Waals surface area contributed by atoms with Gasteiger partial charge in [0.2, 0.25) is 0 Å². The molecule has 0 bridgehead atoms. The van der Waals surface area contributed by atoms with Gasteiger partial charge in [-0.1, -0.05) is 13.8 Å². The topological polar surface area (TPSA) is 89.2 Å². The number of hydrogen-bond donors (Lipinski definition) is 1. The molecule has 2 fully saturated rings. The van der Waals surface area contributed by atoms with Gasteiger partial charge in [0.15, 0.2) is 0 Å². The molecule has 1 atom stereocenters. The molecule has 29 heavy (non-hydrogen) atoms. The molecule has 2 saturated heterocycles. The van der Waals surface area contributed by atoms with Gasteiger partial charge in [-0.05, 0) is 42.7 Å². The Balaban J connectivity index is 1.52. The maximum Gasteiger partial charge on any atom is 0.147 e. The average molecular weight is 393 g/mol. The molecule has 0 amide bonds. The first kappa shape index (κ1) is 19.6. The van der Waals surface area contributed by atoms with Gasteiger partial charge in [-0.2, -0.15) is 5.26 Å². The maximum atomic E-state index is 10.6. The second-order valence-electron chi connectivity index (χ2n) is 8.66. The molecule has 0 saturated carbocycles. The molecule has 7 nitrogen and oxygen atoms in total. The summed E-state index contributed by atoms with van der Waals surface area (Å²) in [6.07, 6.45) is 7.49. The van der Waals surface area contributed by atoms with E-state index in [4.69, 9.17) is 4.98 Å². The molecule has 4 heterocycles. The van der Waals surface area contributed by atoms with Crippen LogP contribution in [0.4, 0.5) is 11.6 Å². The Kier molecular flexibility index (Phi) is 5.37. The van der Waals surface area contributed by atoms with E-state index in [1.54, 1.807) is 18.6 Å². The molecule has 1 N–H and O–H groups in total. The molecule has 0 aromatic carbocycles. The molecule has 2 aliphatic heterocycles. The Labute approximate surface area is 172 Å². The van der Waals surface area contributed by atoms with Crippen LogP contribution in [-0.4, -0.2) is 52.3 Å². The van der Waals surface area contributed by atoms with Crippen LogP contribution in [0, 0.1) is 16.7 Å². The van der Waals surface area contributed by atoms with Gasteiger partial charge in [-0.25, -0.2) is 9.97 Å². The highest BCUT2D eigenvalue weighted by Gasteiger charge is 2.42. The lowest BCUT2D eigenvalue weighted by molar-refractivity contribution is 0.0594. The van der Waals surface area contributed by atoms with Crippen molar-refractivity contribution in [2.24, 2.45) is 5.41 Å². The van der Waals surface area contributed by atoms with Crippen molar-refractivity contribution in [3.63, 3.8) is 0 Å². The van der Waals surface area contributed by atoms with Gasteiger partial charge in [0.25, 0.3) is 0 Å². The third kappa shape index (κ3) is 4.03. The summed E-state index contributed by atoms with van der Waals surface area (Å²) in [4.78, 5) is 17.8. The average Bonchev–Trinajstić information content (AvgIpc) is 2.74. The van der Waals surface area contributed by atoms with E-state index in [2.05, 4.69) is 39.7 Å². The van der Waals surface area contributed by atoms with E-state index in [1.807, 2.05) is 12.1 Å². The van der Waals surface area contributed by atoms with Crippen molar-refractivity contribution >= 4 is 11.6 Å². The van der Waals surface area contributed by atoms with Gasteiger partial charge in [-0.3, -0.25) is 4.98 Å². The summed E-state index contributed by atoms with van der Waals surface area (Å²) in [5.41, 5.74) is 1.70. The lowest BCUT2D eigenvalue weighted by Gasteiger charge is -2.49. The minimum atomic E-state index is -0.366. The largest absolute Gasteiger partial charge is 0.391 e. The van der Waals surface area contributed by atoms with E-state index in [0.717, 1.165) is 56.2 Å². The van der Waals surface area contributed by atoms with Crippen LogP contribution in [0.3, 0.4) is 0 Å². The summed E-state index contributed by atoms with van der Waals surface area (Å²) in [7, 11) is 0. The first-order valence-corrected chi connectivity index (χ1v) is 10.3. The van der Waals surface area contributed by atoms with Crippen LogP contribution in [0.5, 0.6) is 0 Å². The minimum Gasteiger partial charge on any atom is -0.391 e. The lowest BCUT2D eigenvalue weighted by Crippen LogP contribution is -2.54. The van der Waals surface area contributed by atoms with Crippen molar-refractivity contribution in [1.29, 1.82) is 5.26 Å². The van der Waals surface area contributed by atoms with Crippen molar-refractivity contribution in [1.82, 2.24) is 15.0 Å². The van der Waals surface area contributed by atoms with E-state index < -0.39 is 0 Å². The quantitative estimate of drug-likeness (QED) is 0.859. The summed E-state index contributed by atoms with van der Waals surface area (Å²) < 4.78 is 0. The predicted molar refractivity (Wildman–Crippen MR) is 112 cm³/mol. The number of hydrogen-bond acceptors (Lipinski definition) is 7. The fraction of sp³-hybridized carbons (Fsp3) is 0.545. The number of aliphatic hydroxyl groups is 1. The zero-order valence-corrected chi connectivity index (χ0v) is 17.1. The van der Waals surface area contributed by atoms with Gasteiger partial charge in [0.1, 0.15) is 17.7 Å². The zero-order valence-electron chi connectivity index (χ0n) is 17.1. The zero-order chi connectivity index (χ0) is 20.4. The standard InChI is InChI=1S/C22H28N6O/c1-16(2)19-4-3-17(12-23)21(26-19)27-9-5-22(6-10-27)11-18(29)14-28(15-22)20-13-24-7-8-25-20/h3-4,7-8,13,16,18,29H,5-6,9-11,14-15H2,1-2H3. The molecule has 7 heteroatoms. The molecule has 4 rings (SSSR count). The van der Waals surface area contributed by atoms with Crippen LogP contribution in [0.25, 0.3) is 0 Å². The summed E-state index contributed by atoms with van der Waals surface area (Å²) in [6, 6.07) is 6.14. The minimum absolute atomic E-state index is 0.0498. The number of pyridine rings is 1. The number of aromatic nitrogens is 3. The molecule has 2 aliphatic rings. The fourth-order valence-electron chi connectivity index (χ4n) is 4.65. The summed E-state index contributed by atoms with van der Waals surface area (Å²) >= 11 is 0. The molecule has 2 aromatic rings. The Morgan fingerprint density at radius 1 is 1.21 bits per heavy atom. The Hall–Kier alpha value is -2.72. The summed E-state index contributed by atoms with van der Waals surface area (Å²) in [5, 5.41) is 20.1. The molecule has 2 aromatic heterocycles. The second-order valence-corrected chi connectivity index (χ2v) is 8.66. The maximum absolute atomic E-state index is 10.6. The molecule has 0 radical (unpaired) electrons. The normalized spacial score (nSPS) is 21.4. The van der Waals surface area contributed by atoms with Crippen molar-refractivity contribution in [3.8, 4) is 6.07 Å². The SMILES string of the molecule is CC(C)c1ccc(C#N)c(N2CCC3(CC2)CC(O)CN(c2cnccn2)C3)n1. The van der Waals surface area contributed by atoms with E-state index >= 15 is 0 Å². The second kappa shape index (κ2) is 7.96. The van der Waals surface area contributed by atoms with Crippen LogP contribution in [0.2, 0.25) is 0 Å². The number of nitrogens with zero attached hydrogens (tertiary/aromatic N) is 6. The van der Waals surface area contributed by atoms with E-state index in [9.17, 15) is 10.4 Å². The Morgan fingerprint density at radius 2 is 2.00 bits per heavy atom. The number of aliphatic hydroxyl groups excluding tert-OH is 1. The highest BCUT2D eigenvalue weighted by atomic mass is 16.3. The van der Waals surface area contributed by atoms with Crippen molar-refractivity contribution < 1.29 is 5.11 Å². The van der Waals surface area contributed by atoms with Crippen LogP contribution in [0.1, 0.15) is 50.3 Å². The lowest BCUT2D eigenvalue weighted by atomic mass is 9.71. The van der Waals surface area contributed by atoms with Gasteiger partial charge < -0.3 is 14.9 Å². The van der Waals surface area contributed by atoms with Crippen LogP contribution < -0.4 is 9.80 Å². The van der Waals surface area contributed by atoms with E-state index in [1.165, 1.54) is 0 Å². The van der Waals surface area contributed by atoms with Crippen LogP contribution >= 0.6 is 0 Å². The monoisotopic (exact) mass is 392 g/mol. The van der Waals surface area contributed by atoms with Gasteiger partial charge >= 0.3 is 0 Å². The third-order valence-corrected chi connectivity index (χ3v) is 6.23. The smallest absolute Gasteiger partial charge is 0.147 e. The van der Waals surface area contributed by atoms with Crippen molar-refractivity contribution in [2.45, 2.75) is 45.1 Å². The van der Waals surface area contributed by atoms with Gasteiger partial charge in [0.05, 0.1) is 17.9 Å². The molecule has 0 aliphatic carbocycles. The summed E-state index contributed by atoms with van der Waals surface area (Å²) in [6.45, 7) is 7.39. The Bertz CT molecular complexity index is 886. The number of β-amino-alcohol motifs (C(OH)–C–C–N with tert-alkyl or cyclic N) is 1. The molecular formula is C22H28N6O. The highest BCUT2D eigenvalue weighted by Crippen LogP contribution is 2.42. The highest BCUT2D eigenvalue weighted by molar-refractivity contribution is 5.55. The number of anilines is 2. The van der Waals surface area contributed by atoms with Crippen molar-refractivity contribution in [3.05, 3.63) is 42.0 Å². The first-order valence-electron chi connectivity index (χ1n) is 10.3. The molecular weight excluding hydrogens is 364 g/mol. The van der Waals surface area contributed by atoms with E-state index in [-0.39, 0.29) is 11.5 Å². The number of piperidine rings is 2. The predicted octanol–water partition coefficient (Wildman–Crippen LogP) is 2.72. The molecule has 1 unspecified atom stereocenters. The number of nitriles is 1. The molecule has 1 spiro atoms. The van der Waals surface area contributed by atoms with Gasteiger partial charge in [0, 0.05) is 44.3 Å².